The van der Waals surface area contributed by atoms with E-state index in [1.54, 1.807) is 11.1 Å². The van der Waals surface area contributed by atoms with Crippen LogP contribution in [0.25, 0.3) is 0 Å². The molecular formula is C11H18. The third-order valence-electron chi connectivity index (χ3n) is 2.21. The molecule has 0 atom stereocenters. The van der Waals surface area contributed by atoms with Crippen LogP contribution < -0.4 is 0 Å². The van der Waals surface area contributed by atoms with Gasteiger partial charge in [-0.15, -0.1) is 0 Å². The first-order valence-corrected chi connectivity index (χ1v) is 4.48. The van der Waals surface area contributed by atoms with Gasteiger partial charge in [-0.05, 0) is 38.2 Å². The van der Waals surface area contributed by atoms with E-state index in [0.717, 1.165) is 0 Å². The molecule has 0 aliphatic heterocycles. The molecule has 0 heteroatoms. The van der Waals surface area contributed by atoms with Crippen molar-refractivity contribution >= 4 is 0 Å². The lowest BCUT2D eigenvalue weighted by Crippen LogP contribution is -1.85. The molecule has 0 aromatic rings. The van der Waals surface area contributed by atoms with Crippen LogP contribution in [-0.4, -0.2) is 0 Å². The molecule has 0 aromatic heterocycles. The Morgan fingerprint density at radius 3 is 2.18 bits per heavy atom. The van der Waals surface area contributed by atoms with Gasteiger partial charge >= 0.3 is 0 Å². The highest BCUT2D eigenvalue weighted by atomic mass is 14.2. The molecule has 0 radical (unpaired) electrons. The van der Waals surface area contributed by atoms with E-state index in [1.807, 2.05) is 0 Å². The van der Waals surface area contributed by atoms with Crippen molar-refractivity contribution < 1.29 is 0 Å². The summed E-state index contributed by atoms with van der Waals surface area (Å²) in [6.07, 6.45) is 5.03. The van der Waals surface area contributed by atoms with Crippen molar-refractivity contribution in [3.05, 3.63) is 22.8 Å². The summed E-state index contributed by atoms with van der Waals surface area (Å²) >= 11 is 0. The van der Waals surface area contributed by atoms with E-state index in [9.17, 15) is 0 Å². The second-order valence-corrected chi connectivity index (χ2v) is 3.82. The lowest BCUT2D eigenvalue weighted by molar-refractivity contribution is 0.822. The average Bonchev–Trinajstić information content (AvgIpc) is 2.65. The Bertz CT molecular complexity index is 198. The number of hydrogen-bond donors (Lipinski definition) is 0. The Kier molecular flexibility index (Phi) is 2.53. The minimum absolute atomic E-state index is 0.685. The van der Waals surface area contributed by atoms with Crippen LogP contribution in [0.1, 0.15) is 40.5 Å². The van der Waals surface area contributed by atoms with Gasteiger partial charge in [-0.1, -0.05) is 31.1 Å². The van der Waals surface area contributed by atoms with E-state index >= 15 is 0 Å². The molecule has 0 saturated heterocycles. The van der Waals surface area contributed by atoms with E-state index in [0.29, 0.717) is 5.92 Å². The van der Waals surface area contributed by atoms with Gasteiger partial charge in [0.1, 0.15) is 0 Å². The molecule has 11 heavy (non-hydrogen) atoms. The minimum atomic E-state index is 0.685. The molecule has 0 spiro atoms. The first-order valence-electron chi connectivity index (χ1n) is 4.48. The van der Waals surface area contributed by atoms with Crippen LogP contribution in [0.5, 0.6) is 0 Å². The largest absolute Gasteiger partial charge is 0.0788 e. The first-order chi connectivity index (χ1) is 5.11. The molecule has 1 saturated carbocycles. The topological polar surface area (TPSA) is 0 Å². The first kappa shape index (κ1) is 8.58. The quantitative estimate of drug-likeness (QED) is 0.563. The maximum absolute atomic E-state index is 2.35. The molecule has 0 N–H and O–H groups in total. The third kappa shape index (κ3) is 2.53. The van der Waals surface area contributed by atoms with E-state index in [2.05, 4.69) is 33.8 Å². The summed E-state index contributed by atoms with van der Waals surface area (Å²) < 4.78 is 0. The van der Waals surface area contributed by atoms with Crippen molar-refractivity contribution in [2.45, 2.75) is 40.5 Å². The molecule has 0 nitrogen and oxygen atoms in total. The van der Waals surface area contributed by atoms with Crippen molar-refractivity contribution in [1.82, 2.24) is 0 Å². The van der Waals surface area contributed by atoms with Gasteiger partial charge in [0, 0.05) is 0 Å². The Hall–Kier alpha value is -0.520. The fourth-order valence-electron chi connectivity index (χ4n) is 1.34. The van der Waals surface area contributed by atoms with Gasteiger partial charge in [0.15, 0.2) is 0 Å². The smallest absolute Gasteiger partial charge is 0.0277 e. The summed E-state index contributed by atoms with van der Waals surface area (Å²) in [6, 6.07) is 0. The van der Waals surface area contributed by atoms with Gasteiger partial charge < -0.3 is 0 Å². The molecule has 62 valence electrons. The lowest BCUT2D eigenvalue weighted by Gasteiger charge is -2.02. The molecule has 0 aromatic carbocycles. The average molecular weight is 150 g/mol. The van der Waals surface area contributed by atoms with Gasteiger partial charge in [0.25, 0.3) is 0 Å². The third-order valence-corrected chi connectivity index (χ3v) is 2.21. The standard InChI is InChI=1S/C11H18/c1-8(2)7-9(3)10(4)11-5-6-11/h7-8H,5-6H2,1-4H3. The Balaban J connectivity index is 2.67. The van der Waals surface area contributed by atoms with Crippen LogP contribution in [0.15, 0.2) is 22.8 Å². The highest BCUT2D eigenvalue weighted by molar-refractivity contribution is 5.37. The van der Waals surface area contributed by atoms with Crippen LogP contribution in [0.4, 0.5) is 0 Å². The highest BCUT2D eigenvalue weighted by Crippen LogP contribution is 2.34. The number of hydrogen-bond acceptors (Lipinski definition) is 0. The molecule has 1 aliphatic rings. The van der Waals surface area contributed by atoms with Crippen LogP contribution in [0.3, 0.4) is 0 Å². The summed E-state index contributed by atoms with van der Waals surface area (Å²) in [5.41, 5.74) is 4.69. The van der Waals surface area contributed by atoms with Crippen LogP contribution in [0, 0.1) is 5.92 Å². The molecule has 1 fully saturated rings. The molecule has 0 bridgehead atoms. The zero-order chi connectivity index (χ0) is 8.43. The number of allylic oxidation sites excluding steroid dienone is 4. The van der Waals surface area contributed by atoms with Crippen molar-refractivity contribution in [3.63, 3.8) is 0 Å². The van der Waals surface area contributed by atoms with Crippen molar-refractivity contribution in [1.29, 1.82) is 0 Å². The molecule has 0 unspecified atom stereocenters. The fourth-order valence-corrected chi connectivity index (χ4v) is 1.34. The van der Waals surface area contributed by atoms with Crippen LogP contribution >= 0.6 is 0 Å². The normalized spacial score (nSPS) is 17.5. The van der Waals surface area contributed by atoms with Crippen molar-refractivity contribution in [2.75, 3.05) is 0 Å². The van der Waals surface area contributed by atoms with E-state index in [-0.39, 0.29) is 0 Å². The highest BCUT2D eigenvalue weighted by Gasteiger charge is 2.15. The van der Waals surface area contributed by atoms with E-state index in [1.165, 1.54) is 18.4 Å². The van der Waals surface area contributed by atoms with Gasteiger partial charge in [-0.3, -0.25) is 0 Å². The molecule has 1 rings (SSSR count). The molecule has 0 heterocycles. The molecule has 0 amide bonds. The second kappa shape index (κ2) is 3.25. The van der Waals surface area contributed by atoms with Crippen LogP contribution in [-0.2, 0) is 0 Å². The Morgan fingerprint density at radius 2 is 1.82 bits per heavy atom. The lowest BCUT2D eigenvalue weighted by atomic mass is 10.0. The van der Waals surface area contributed by atoms with E-state index < -0.39 is 0 Å². The molecule has 1 aliphatic carbocycles. The Labute approximate surface area is 70.0 Å². The van der Waals surface area contributed by atoms with Gasteiger partial charge in [0.05, 0.1) is 0 Å². The summed E-state index contributed by atoms with van der Waals surface area (Å²) in [5.74, 6) is 0.685. The van der Waals surface area contributed by atoms with Crippen LogP contribution in [0.2, 0.25) is 0 Å². The van der Waals surface area contributed by atoms with Gasteiger partial charge in [0.2, 0.25) is 0 Å². The zero-order valence-electron chi connectivity index (χ0n) is 8.07. The number of rotatable bonds is 2. The summed E-state index contributed by atoms with van der Waals surface area (Å²) in [6.45, 7) is 8.93. The fraction of sp³-hybridized carbons (Fsp3) is 0.636. The monoisotopic (exact) mass is 150 g/mol. The second-order valence-electron chi connectivity index (χ2n) is 3.82. The maximum Gasteiger partial charge on any atom is -0.0277 e. The van der Waals surface area contributed by atoms with E-state index in [4.69, 9.17) is 0 Å². The minimum Gasteiger partial charge on any atom is -0.0788 e. The Morgan fingerprint density at radius 1 is 1.27 bits per heavy atom. The predicted molar refractivity (Wildman–Crippen MR) is 50.5 cm³/mol. The van der Waals surface area contributed by atoms with Gasteiger partial charge in [-0.25, -0.2) is 0 Å². The maximum atomic E-state index is 2.35. The SMILES string of the molecule is CC(=CC(C)C)C(C)=C1CC1. The summed E-state index contributed by atoms with van der Waals surface area (Å²) in [5, 5.41) is 0. The molecular weight excluding hydrogens is 132 g/mol. The predicted octanol–water partition coefficient (Wildman–Crippen LogP) is 3.70. The summed E-state index contributed by atoms with van der Waals surface area (Å²) in [7, 11) is 0. The van der Waals surface area contributed by atoms with Crippen molar-refractivity contribution in [2.24, 2.45) is 5.92 Å². The summed E-state index contributed by atoms with van der Waals surface area (Å²) in [4.78, 5) is 0. The van der Waals surface area contributed by atoms with Crippen molar-refractivity contribution in [3.8, 4) is 0 Å². The van der Waals surface area contributed by atoms with Gasteiger partial charge in [-0.2, -0.15) is 0 Å². The zero-order valence-corrected chi connectivity index (χ0v) is 8.07.